The van der Waals surface area contributed by atoms with Crippen molar-refractivity contribution < 1.29 is 23.9 Å². The maximum absolute atomic E-state index is 14.3. The number of alkyl carbamates (subject to hydrolysis) is 1. The molecule has 8 nitrogen and oxygen atoms in total. The summed E-state index contributed by atoms with van der Waals surface area (Å²) in [5, 5.41) is 5.79. The summed E-state index contributed by atoms with van der Waals surface area (Å²) in [6.07, 6.45) is -0.0271. The van der Waals surface area contributed by atoms with Crippen LogP contribution >= 0.6 is 0 Å². The Bertz CT molecular complexity index is 1120. The van der Waals surface area contributed by atoms with Crippen LogP contribution < -0.4 is 15.4 Å². The average Bonchev–Trinajstić information content (AvgIpc) is 2.85. The molecule has 0 aromatic heterocycles. The number of rotatable bonds is 10. The summed E-state index contributed by atoms with van der Waals surface area (Å²) in [6, 6.07) is 10.7. The molecule has 3 unspecified atom stereocenters. The minimum absolute atomic E-state index is 0.200. The molecule has 2 aromatic rings. The number of anilines is 1. The summed E-state index contributed by atoms with van der Waals surface area (Å²) in [5.74, 6) is -0.222. The lowest BCUT2D eigenvalue weighted by Gasteiger charge is -2.39. The normalized spacial score (nSPS) is 13.7. The Kier molecular flexibility index (Phi) is 11.0. The van der Waals surface area contributed by atoms with Gasteiger partial charge in [-0.1, -0.05) is 38.5 Å². The number of amides is 3. The molecule has 2 N–H and O–H groups in total. The van der Waals surface area contributed by atoms with Crippen LogP contribution in [0.25, 0.3) is 0 Å². The molecule has 2 rings (SSSR count). The van der Waals surface area contributed by atoms with Crippen molar-refractivity contribution in [2.24, 2.45) is 5.92 Å². The Balaban J connectivity index is 2.59. The molecule has 0 bridgehead atoms. The molecule has 8 heteroatoms. The number of nitrogens with zero attached hydrogens (tertiary/aromatic N) is 1. The van der Waals surface area contributed by atoms with E-state index < -0.39 is 23.8 Å². The van der Waals surface area contributed by atoms with Gasteiger partial charge >= 0.3 is 6.09 Å². The molecular weight excluding hydrogens is 494 g/mol. The molecule has 3 atom stereocenters. The van der Waals surface area contributed by atoms with Crippen LogP contribution in [0.15, 0.2) is 42.5 Å². The monoisotopic (exact) mass is 539 g/mol. The van der Waals surface area contributed by atoms with Gasteiger partial charge in [0.2, 0.25) is 5.91 Å². The minimum Gasteiger partial charge on any atom is -0.497 e. The maximum atomic E-state index is 14.3. The van der Waals surface area contributed by atoms with E-state index in [4.69, 9.17) is 9.47 Å². The summed E-state index contributed by atoms with van der Waals surface area (Å²) in [5.41, 5.74) is 2.40. The number of carbonyl (C=O) groups excluding carboxylic acids is 3. The van der Waals surface area contributed by atoms with E-state index in [-0.39, 0.29) is 23.8 Å². The Morgan fingerprint density at radius 1 is 0.949 bits per heavy atom. The van der Waals surface area contributed by atoms with Gasteiger partial charge in [0.1, 0.15) is 23.4 Å². The first-order valence-corrected chi connectivity index (χ1v) is 13.5. The molecule has 0 spiro atoms. The highest BCUT2D eigenvalue weighted by atomic mass is 16.6. The SMILES string of the molecule is CCC(C)C(NC(=O)OC(C)(C)C)C(=O)N(C(C)C)C(C(=O)Nc1ccc(OC)cc1)c1c(C)cccc1C. The minimum atomic E-state index is -0.937. The molecule has 214 valence electrons. The Morgan fingerprint density at radius 2 is 1.51 bits per heavy atom. The van der Waals surface area contributed by atoms with Gasteiger partial charge in [-0.05, 0) is 95.3 Å². The second-order valence-corrected chi connectivity index (χ2v) is 11.3. The van der Waals surface area contributed by atoms with Crippen LogP contribution in [0.5, 0.6) is 5.75 Å². The molecule has 0 heterocycles. The molecule has 3 amide bonds. The molecule has 0 saturated carbocycles. The zero-order valence-corrected chi connectivity index (χ0v) is 25.0. The summed E-state index contributed by atoms with van der Waals surface area (Å²) in [4.78, 5) is 42.7. The van der Waals surface area contributed by atoms with Gasteiger partial charge in [0.25, 0.3) is 5.91 Å². The van der Waals surface area contributed by atoms with E-state index in [1.165, 1.54) is 0 Å². The van der Waals surface area contributed by atoms with E-state index in [2.05, 4.69) is 10.6 Å². The quantitative estimate of drug-likeness (QED) is 0.376. The lowest BCUT2D eigenvalue weighted by Crippen LogP contribution is -2.56. The largest absolute Gasteiger partial charge is 0.497 e. The number of hydrogen-bond acceptors (Lipinski definition) is 5. The van der Waals surface area contributed by atoms with E-state index in [1.807, 2.05) is 59.7 Å². The standard InChI is InChI=1S/C31H45N3O5/c1-11-20(4)26(33-30(37)39-31(7,8)9)29(36)34(19(2)3)27(25-21(5)13-12-14-22(25)6)28(35)32-23-15-17-24(38-10)18-16-23/h12-20,26-27H,11H2,1-10H3,(H,32,35)(H,33,37). The Hall–Kier alpha value is -3.55. The summed E-state index contributed by atoms with van der Waals surface area (Å²) in [6.45, 7) is 16.8. The Labute approximate surface area is 233 Å². The average molecular weight is 540 g/mol. The number of aryl methyl sites for hydroxylation is 2. The van der Waals surface area contributed by atoms with E-state index in [0.29, 0.717) is 17.9 Å². The van der Waals surface area contributed by atoms with Crippen molar-refractivity contribution in [1.82, 2.24) is 10.2 Å². The highest BCUT2D eigenvalue weighted by Gasteiger charge is 2.40. The number of nitrogens with one attached hydrogen (secondary N) is 2. The summed E-state index contributed by atoms with van der Waals surface area (Å²) in [7, 11) is 1.58. The van der Waals surface area contributed by atoms with Crippen LogP contribution in [0.4, 0.5) is 10.5 Å². The highest BCUT2D eigenvalue weighted by Crippen LogP contribution is 2.32. The molecule has 0 fully saturated rings. The van der Waals surface area contributed by atoms with Crippen LogP contribution in [0.3, 0.4) is 0 Å². The van der Waals surface area contributed by atoms with E-state index >= 15 is 0 Å². The van der Waals surface area contributed by atoms with Gasteiger partial charge in [-0.25, -0.2) is 4.79 Å². The molecular formula is C31H45N3O5. The van der Waals surface area contributed by atoms with Crippen molar-refractivity contribution in [2.45, 2.75) is 92.5 Å². The van der Waals surface area contributed by atoms with Gasteiger partial charge in [-0.3, -0.25) is 9.59 Å². The second kappa shape index (κ2) is 13.5. The molecule has 0 saturated heterocycles. The van der Waals surface area contributed by atoms with Gasteiger partial charge in [0.05, 0.1) is 7.11 Å². The van der Waals surface area contributed by atoms with Crippen LogP contribution in [-0.2, 0) is 14.3 Å². The van der Waals surface area contributed by atoms with Crippen molar-refractivity contribution >= 4 is 23.6 Å². The fourth-order valence-electron chi connectivity index (χ4n) is 4.50. The van der Waals surface area contributed by atoms with Crippen LogP contribution in [0.2, 0.25) is 0 Å². The van der Waals surface area contributed by atoms with Crippen LogP contribution in [-0.4, -0.2) is 47.6 Å². The topological polar surface area (TPSA) is 97.0 Å². The fourth-order valence-corrected chi connectivity index (χ4v) is 4.50. The van der Waals surface area contributed by atoms with Gasteiger partial charge in [-0.2, -0.15) is 0 Å². The van der Waals surface area contributed by atoms with Gasteiger partial charge < -0.3 is 25.0 Å². The zero-order valence-electron chi connectivity index (χ0n) is 25.0. The number of hydrogen-bond donors (Lipinski definition) is 2. The number of methoxy groups -OCH3 is 1. The van der Waals surface area contributed by atoms with Crippen LogP contribution in [0.1, 0.15) is 77.6 Å². The van der Waals surface area contributed by atoms with E-state index in [9.17, 15) is 14.4 Å². The number of carbonyl (C=O) groups is 3. The first-order chi connectivity index (χ1) is 18.2. The summed E-state index contributed by atoms with van der Waals surface area (Å²) >= 11 is 0. The Morgan fingerprint density at radius 3 is 1.97 bits per heavy atom. The first-order valence-electron chi connectivity index (χ1n) is 13.5. The molecule has 0 radical (unpaired) electrons. The smallest absolute Gasteiger partial charge is 0.408 e. The van der Waals surface area contributed by atoms with Crippen molar-refractivity contribution in [1.29, 1.82) is 0 Å². The third-order valence-electron chi connectivity index (χ3n) is 6.66. The van der Waals surface area contributed by atoms with Gasteiger partial charge in [0, 0.05) is 11.7 Å². The molecule has 39 heavy (non-hydrogen) atoms. The molecule has 0 aliphatic heterocycles. The number of ether oxygens (including phenoxy) is 2. The van der Waals surface area contributed by atoms with Gasteiger partial charge in [-0.15, -0.1) is 0 Å². The fraction of sp³-hybridized carbons (Fsp3) is 0.516. The molecule has 0 aliphatic rings. The van der Waals surface area contributed by atoms with E-state index in [0.717, 1.165) is 16.7 Å². The van der Waals surface area contributed by atoms with Crippen molar-refractivity contribution in [2.75, 3.05) is 12.4 Å². The highest BCUT2D eigenvalue weighted by molar-refractivity contribution is 5.99. The third-order valence-corrected chi connectivity index (χ3v) is 6.66. The predicted molar refractivity (Wildman–Crippen MR) is 155 cm³/mol. The van der Waals surface area contributed by atoms with Crippen LogP contribution in [0, 0.1) is 19.8 Å². The summed E-state index contributed by atoms with van der Waals surface area (Å²) < 4.78 is 10.7. The van der Waals surface area contributed by atoms with Crippen molar-refractivity contribution in [3.63, 3.8) is 0 Å². The first kappa shape index (κ1) is 31.7. The molecule has 2 aromatic carbocycles. The maximum Gasteiger partial charge on any atom is 0.408 e. The van der Waals surface area contributed by atoms with Gasteiger partial charge in [0.15, 0.2) is 0 Å². The lowest BCUT2D eigenvalue weighted by molar-refractivity contribution is -0.144. The second-order valence-electron chi connectivity index (χ2n) is 11.3. The third kappa shape index (κ3) is 8.47. The zero-order chi connectivity index (χ0) is 29.5. The van der Waals surface area contributed by atoms with E-state index in [1.54, 1.807) is 57.0 Å². The van der Waals surface area contributed by atoms with Crippen molar-refractivity contribution in [3.8, 4) is 5.75 Å². The predicted octanol–water partition coefficient (Wildman–Crippen LogP) is 6.17. The number of benzene rings is 2. The molecule has 0 aliphatic carbocycles. The van der Waals surface area contributed by atoms with Crippen molar-refractivity contribution in [3.05, 3.63) is 59.2 Å². The lowest BCUT2D eigenvalue weighted by atomic mass is 9.91.